The Bertz CT molecular complexity index is 893. The molecule has 204 valence electrons. The van der Waals surface area contributed by atoms with Crippen LogP contribution in [0.2, 0.25) is 0 Å². The van der Waals surface area contributed by atoms with E-state index < -0.39 is 23.2 Å². The molecule has 0 aliphatic carbocycles. The topological polar surface area (TPSA) is 64.1 Å². The van der Waals surface area contributed by atoms with Crippen molar-refractivity contribution in [2.24, 2.45) is 5.92 Å². The van der Waals surface area contributed by atoms with Crippen LogP contribution in [0.25, 0.3) is 0 Å². The number of likely N-dealkylation sites (N-methyl/N-ethyl adjacent to an activating group) is 1. The lowest BCUT2D eigenvalue weighted by molar-refractivity contribution is -0.151. The second kappa shape index (κ2) is 12.5. The average Bonchev–Trinajstić information content (AvgIpc) is 2.82. The van der Waals surface area contributed by atoms with E-state index in [9.17, 15) is 27.9 Å². The lowest BCUT2D eigenvalue weighted by atomic mass is 9.88. The summed E-state index contributed by atoms with van der Waals surface area (Å²) >= 11 is 0. The third-order valence-corrected chi connectivity index (χ3v) is 7.78. The van der Waals surface area contributed by atoms with E-state index in [-0.39, 0.29) is 24.5 Å². The molecular weight excluding hydrogens is 495 g/mol. The fourth-order valence-corrected chi connectivity index (χ4v) is 5.42. The van der Waals surface area contributed by atoms with Gasteiger partial charge in [-0.3, -0.25) is 0 Å². The number of alkyl halides is 3. The van der Waals surface area contributed by atoms with Gasteiger partial charge in [0.25, 0.3) is 0 Å². The highest BCUT2D eigenvalue weighted by Gasteiger charge is 2.45. The Morgan fingerprint density at radius 2 is 1.86 bits per heavy atom. The first-order valence-corrected chi connectivity index (χ1v) is 12.7. The second-order valence-corrected chi connectivity index (χ2v) is 10.2. The van der Waals surface area contributed by atoms with Gasteiger partial charge < -0.3 is 19.8 Å². The number of likely N-dealkylation sites (tertiary alicyclic amines) is 2. The van der Waals surface area contributed by atoms with Gasteiger partial charge in [0, 0.05) is 32.2 Å². The van der Waals surface area contributed by atoms with Crippen molar-refractivity contribution < 1.29 is 27.9 Å². The Hall–Kier alpha value is -2.00. The van der Waals surface area contributed by atoms with Crippen molar-refractivity contribution in [3.05, 3.63) is 35.4 Å². The van der Waals surface area contributed by atoms with E-state index in [2.05, 4.69) is 11.8 Å². The van der Waals surface area contributed by atoms with Crippen LogP contribution < -0.4 is 0 Å². The van der Waals surface area contributed by atoms with Crippen molar-refractivity contribution in [1.29, 1.82) is 0 Å². The van der Waals surface area contributed by atoms with Gasteiger partial charge >= 0.3 is 18.2 Å². The Labute approximate surface area is 218 Å². The minimum Gasteiger partial charge on any atom is -0.480 e. The van der Waals surface area contributed by atoms with Gasteiger partial charge in [0.05, 0.1) is 5.56 Å². The molecule has 2 fully saturated rings. The average molecular weight is 534 g/mol. The highest BCUT2D eigenvalue weighted by Crippen LogP contribution is 2.32. The minimum absolute atomic E-state index is 0. The Kier molecular flexibility index (Phi) is 10.5. The van der Waals surface area contributed by atoms with Crippen LogP contribution in [-0.2, 0) is 17.4 Å². The van der Waals surface area contributed by atoms with Crippen LogP contribution in [0.15, 0.2) is 24.3 Å². The van der Waals surface area contributed by atoms with Gasteiger partial charge in [-0.1, -0.05) is 25.1 Å². The number of carboxylic acids is 1. The molecule has 0 bridgehead atoms. The molecule has 2 atom stereocenters. The van der Waals surface area contributed by atoms with E-state index in [0.717, 1.165) is 44.8 Å². The Morgan fingerprint density at radius 1 is 1.19 bits per heavy atom. The van der Waals surface area contributed by atoms with Crippen LogP contribution in [0.5, 0.6) is 0 Å². The molecule has 2 aliphatic rings. The van der Waals surface area contributed by atoms with Crippen LogP contribution in [0.1, 0.15) is 64.0 Å². The number of aliphatic carboxylic acids is 1. The summed E-state index contributed by atoms with van der Waals surface area (Å²) in [7, 11) is 0. The largest absolute Gasteiger partial charge is 0.480 e. The van der Waals surface area contributed by atoms with E-state index in [4.69, 9.17) is 0 Å². The lowest BCUT2D eigenvalue weighted by Gasteiger charge is -2.45. The van der Waals surface area contributed by atoms with Crippen molar-refractivity contribution in [1.82, 2.24) is 14.7 Å². The summed E-state index contributed by atoms with van der Waals surface area (Å²) in [6, 6.07) is 5.45. The summed E-state index contributed by atoms with van der Waals surface area (Å²) in [5, 5.41) is 9.72. The van der Waals surface area contributed by atoms with Crippen LogP contribution in [0.4, 0.5) is 18.0 Å². The van der Waals surface area contributed by atoms with Gasteiger partial charge in [-0.25, -0.2) is 9.59 Å². The molecule has 1 aromatic carbocycles. The number of carbonyl (C=O) groups is 2. The van der Waals surface area contributed by atoms with Gasteiger partial charge in [0.1, 0.15) is 5.54 Å². The standard InChI is InChI=1S/C26H38F3N3O3.ClH/c1-4-30(19(2)16-21-8-7-9-22(17-21)26(27,28)29)18-20-10-14-31(15-11-20)24(35)32-13-6-5-12-25(32,3)23(33)34;/h7-9,17,19-20H,4-6,10-16,18H2,1-3H3,(H,33,34);1H. The van der Waals surface area contributed by atoms with Crippen molar-refractivity contribution in [2.45, 2.75) is 77.1 Å². The predicted octanol–water partition coefficient (Wildman–Crippen LogP) is 5.54. The Balaban J connectivity index is 0.00000456. The molecule has 3 rings (SSSR count). The third-order valence-electron chi connectivity index (χ3n) is 7.78. The van der Waals surface area contributed by atoms with Gasteiger partial charge in [-0.05, 0) is 76.5 Å². The van der Waals surface area contributed by atoms with Gasteiger partial charge in [0.2, 0.25) is 0 Å². The third kappa shape index (κ3) is 7.06. The number of nitrogens with zero attached hydrogens (tertiary/aromatic N) is 3. The summed E-state index contributed by atoms with van der Waals surface area (Å²) in [6.07, 6.45) is -0.0461. The van der Waals surface area contributed by atoms with E-state index in [1.54, 1.807) is 17.9 Å². The number of hydrogen-bond donors (Lipinski definition) is 1. The van der Waals surface area contributed by atoms with Gasteiger partial charge in [-0.2, -0.15) is 13.2 Å². The van der Waals surface area contributed by atoms with Gasteiger partial charge in [-0.15, -0.1) is 12.4 Å². The number of benzene rings is 1. The van der Waals surface area contributed by atoms with Crippen LogP contribution in [-0.4, -0.2) is 76.1 Å². The van der Waals surface area contributed by atoms with E-state index in [1.165, 1.54) is 17.0 Å². The summed E-state index contributed by atoms with van der Waals surface area (Å²) < 4.78 is 39.2. The number of piperidine rings is 2. The number of hydrogen-bond acceptors (Lipinski definition) is 3. The van der Waals surface area contributed by atoms with E-state index >= 15 is 0 Å². The fourth-order valence-electron chi connectivity index (χ4n) is 5.42. The normalized spacial score (nSPS) is 22.3. The molecule has 0 radical (unpaired) electrons. The number of urea groups is 1. The Morgan fingerprint density at radius 3 is 2.44 bits per heavy atom. The van der Waals surface area contributed by atoms with E-state index in [1.807, 2.05) is 6.92 Å². The number of halogens is 4. The first-order valence-electron chi connectivity index (χ1n) is 12.7. The first kappa shape index (κ1) is 30.2. The van der Waals surface area contributed by atoms with Crippen LogP contribution in [0, 0.1) is 5.92 Å². The number of rotatable bonds is 7. The molecular formula is C26H39ClF3N3O3. The molecule has 6 nitrogen and oxygen atoms in total. The van der Waals surface area contributed by atoms with Gasteiger partial charge in [0.15, 0.2) is 0 Å². The molecule has 10 heteroatoms. The van der Waals surface area contributed by atoms with E-state index in [0.29, 0.717) is 44.0 Å². The first-order chi connectivity index (χ1) is 16.5. The molecule has 2 aliphatic heterocycles. The maximum Gasteiger partial charge on any atom is 0.416 e. The molecule has 2 amide bonds. The zero-order chi connectivity index (χ0) is 25.8. The quantitative estimate of drug-likeness (QED) is 0.500. The predicted molar refractivity (Wildman–Crippen MR) is 135 cm³/mol. The van der Waals surface area contributed by atoms with Crippen LogP contribution >= 0.6 is 12.4 Å². The highest BCUT2D eigenvalue weighted by molar-refractivity contribution is 5.86. The van der Waals surface area contributed by atoms with Crippen molar-refractivity contribution in [2.75, 3.05) is 32.7 Å². The number of carboxylic acid groups (broad SMARTS) is 1. The van der Waals surface area contributed by atoms with Crippen molar-refractivity contribution in [3.8, 4) is 0 Å². The highest BCUT2D eigenvalue weighted by atomic mass is 35.5. The fraction of sp³-hybridized carbons (Fsp3) is 0.692. The summed E-state index contributed by atoms with van der Waals surface area (Å²) in [5.74, 6) is -0.566. The SMILES string of the molecule is CCN(CC1CCN(C(=O)N2CCCCC2(C)C(=O)O)CC1)C(C)Cc1cccc(C(F)(F)F)c1.Cl. The zero-order valence-electron chi connectivity index (χ0n) is 21.4. The summed E-state index contributed by atoms with van der Waals surface area (Å²) in [6.45, 7) is 9.03. The maximum absolute atomic E-state index is 13.2. The van der Waals surface area contributed by atoms with Crippen molar-refractivity contribution in [3.63, 3.8) is 0 Å². The minimum atomic E-state index is -4.34. The summed E-state index contributed by atoms with van der Waals surface area (Å²) in [4.78, 5) is 30.7. The van der Waals surface area contributed by atoms with Crippen molar-refractivity contribution >= 4 is 24.4 Å². The molecule has 1 aromatic rings. The number of carbonyl (C=O) groups excluding carboxylic acids is 1. The lowest BCUT2D eigenvalue weighted by Crippen LogP contribution is -2.61. The molecule has 2 heterocycles. The molecule has 1 N–H and O–H groups in total. The molecule has 0 saturated carbocycles. The zero-order valence-corrected chi connectivity index (χ0v) is 22.2. The molecule has 2 saturated heterocycles. The monoisotopic (exact) mass is 533 g/mol. The molecule has 2 unspecified atom stereocenters. The number of amides is 2. The summed E-state index contributed by atoms with van der Waals surface area (Å²) in [5.41, 5.74) is -1.09. The second-order valence-electron chi connectivity index (χ2n) is 10.2. The smallest absolute Gasteiger partial charge is 0.416 e. The maximum atomic E-state index is 13.2. The molecule has 0 spiro atoms. The molecule has 0 aromatic heterocycles. The molecule has 36 heavy (non-hydrogen) atoms. The van der Waals surface area contributed by atoms with Crippen LogP contribution in [0.3, 0.4) is 0 Å².